The van der Waals surface area contributed by atoms with Crippen LogP contribution >= 0.6 is 0 Å². The molecule has 0 bridgehead atoms. The van der Waals surface area contributed by atoms with E-state index in [9.17, 15) is 4.91 Å². The summed E-state index contributed by atoms with van der Waals surface area (Å²) in [6, 6.07) is 0. The average molecular weight is 127 g/mol. The van der Waals surface area contributed by atoms with E-state index in [1.807, 2.05) is 0 Å². The van der Waals surface area contributed by atoms with Crippen molar-refractivity contribution in [3.63, 3.8) is 0 Å². The van der Waals surface area contributed by atoms with Crippen LogP contribution in [-0.4, -0.2) is 4.98 Å². The molecule has 0 atom stereocenters. The summed E-state index contributed by atoms with van der Waals surface area (Å²) >= 11 is 0. The van der Waals surface area contributed by atoms with Crippen LogP contribution in [0.25, 0.3) is 0 Å². The molecule has 0 spiro atoms. The van der Waals surface area contributed by atoms with Crippen molar-refractivity contribution in [3.05, 3.63) is 17.3 Å². The monoisotopic (exact) mass is 127 g/mol. The molecule has 0 radical (unpaired) electrons. The van der Waals surface area contributed by atoms with Crippen LogP contribution in [0, 0.1) is 4.91 Å². The number of H-pyrrole nitrogens is 1. The molecule has 1 aromatic rings. The van der Waals surface area contributed by atoms with Crippen molar-refractivity contribution in [2.45, 2.75) is 0 Å². The maximum Gasteiger partial charge on any atom is 0.279 e. The summed E-state index contributed by atoms with van der Waals surface area (Å²) in [7, 11) is 0. The zero-order chi connectivity index (χ0) is 6.85. The van der Waals surface area contributed by atoms with Gasteiger partial charge in [0.05, 0.1) is 12.4 Å². The molecule has 0 fully saturated rings. The van der Waals surface area contributed by atoms with Crippen LogP contribution in [0.2, 0.25) is 0 Å². The Morgan fingerprint density at radius 2 is 1.78 bits per heavy atom. The number of aromatic amines is 1. The lowest BCUT2D eigenvalue weighted by atomic mass is 10.6. The zero-order valence-corrected chi connectivity index (χ0v) is 4.66. The van der Waals surface area contributed by atoms with Crippen molar-refractivity contribution in [3.8, 4) is 0 Å². The summed E-state index contributed by atoms with van der Waals surface area (Å²) in [5, 5.41) is 0. The second-order valence-corrected chi connectivity index (χ2v) is 1.60. The Kier molecular flexibility index (Phi) is 1.11. The number of rotatable bonds is 0. The highest BCUT2D eigenvalue weighted by molar-refractivity contribution is 5.22. The highest BCUT2D eigenvalue weighted by Crippen LogP contribution is 1.89. The van der Waals surface area contributed by atoms with Crippen molar-refractivity contribution >= 4 is 11.6 Å². The SMILES string of the molecule is Nc1c[nH]cc(N)[n+]1=O. The van der Waals surface area contributed by atoms with Gasteiger partial charge >= 0.3 is 0 Å². The molecule has 0 unspecified atom stereocenters. The van der Waals surface area contributed by atoms with Gasteiger partial charge in [-0.25, -0.2) is 0 Å². The van der Waals surface area contributed by atoms with Crippen molar-refractivity contribution in [1.29, 1.82) is 0 Å². The van der Waals surface area contributed by atoms with Gasteiger partial charge in [-0.05, 0) is 0 Å². The molecular weight excluding hydrogens is 120 g/mol. The van der Waals surface area contributed by atoms with Gasteiger partial charge in [0.2, 0.25) is 0 Å². The van der Waals surface area contributed by atoms with Gasteiger partial charge in [0.25, 0.3) is 11.6 Å². The van der Waals surface area contributed by atoms with Crippen molar-refractivity contribution in [1.82, 2.24) is 4.98 Å². The Hall–Kier alpha value is -1.52. The number of anilines is 2. The summed E-state index contributed by atoms with van der Waals surface area (Å²) in [6.07, 6.45) is 2.73. The van der Waals surface area contributed by atoms with Gasteiger partial charge < -0.3 is 16.5 Å². The molecule has 5 nitrogen and oxygen atoms in total. The maximum absolute atomic E-state index is 10.6. The smallest absolute Gasteiger partial charge is 0.279 e. The molecule has 0 aliphatic carbocycles. The van der Waals surface area contributed by atoms with E-state index in [1.165, 1.54) is 12.4 Å². The first kappa shape index (κ1) is 5.61. The molecule has 0 saturated carbocycles. The van der Waals surface area contributed by atoms with Gasteiger partial charge in [0.1, 0.15) is 0 Å². The molecule has 0 amide bonds. The normalized spacial score (nSPS) is 9.33. The predicted molar refractivity (Wildman–Crippen MR) is 33.0 cm³/mol. The number of hydrogen-bond donors (Lipinski definition) is 3. The molecule has 0 aliphatic heterocycles. The summed E-state index contributed by atoms with van der Waals surface area (Å²) in [5.41, 5.74) is 10.3. The number of hydrogen-bond acceptors (Lipinski definition) is 3. The molecule has 1 rings (SSSR count). The van der Waals surface area contributed by atoms with Gasteiger partial charge in [-0.15, -0.1) is 0 Å². The topological polar surface area (TPSA) is 90.8 Å². The first-order valence-electron chi connectivity index (χ1n) is 2.36. The molecule has 5 N–H and O–H groups in total. The summed E-state index contributed by atoms with van der Waals surface area (Å²) in [6.45, 7) is 0. The van der Waals surface area contributed by atoms with E-state index in [4.69, 9.17) is 11.5 Å². The minimum Gasteiger partial charge on any atom is -0.357 e. The molecule has 0 aliphatic rings. The number of nitrogen functional groups attached to an aromatic ring is 2. The van der Waals surface area contributed by atoms with E-state index >= 15 is 0 Å². The molecule has 1 heterocycles. The lowest BCUT2D eigenvalue weighted by molar-refractivity contribution is -0.462. The van der Waals surface area contributed by atoms with Crippen LogP contribution in [0.15, 0.2) is 12.4 Å². The average Bonchev–Trinajstić information content (AvgIpc) is 1.83. The zero-order valence-electron chi connectivity index (χ0n) is 4.66. The Balaban J connectivity index is 3.43. The molecular formula is C4H7N4O+. The van der Waals surface area contributed by atoms with E-state index < -0.39 is 0 Å². The van der Waals surface area contributed by atoms with Crippen molar-refractivity contribution in [2.75, 3.05) is 11.5 Å². The largest absolute Gasteiger partial charge is 0.357 e. The van der Waals surface area contributed by atoms with Gasteiger partial charge in [0, 0.05) is 4.43 Å². The Morgan fingerprint density at radius 1 is 1.33 bits per heavy atom. The number of nitrogens with two attached hydrogens (primary N) is 2. The highest BCUT2D eigenvalue weighted by atomic mass is 16.3. The fourth-order valence-electron chi connectivity index (χ4n) is 0.479. The van der Waals surface area contributed by atoms with Gasteiger partial charge in [-0.3, -0.25) is 0 Å². The lowest BCUT2D eigenvalue weighted by Crippen LogP contribution is -2.24. The van der Waals surface area contributed by atoms with Crippen LogP contribution in [0.1, 0.15) is 0 Å². The van der Waals surface area contributed by atoms with E-state index in [0.717, 1.165) is 0 Å². The molecule has 0 saturated heterocycles. The van der Waals surface area contributed by atoms with Gasteiger partial charge in [0.15, 0.2) is 0 Å². The third kappa shape index (κ3) is 0.835. The Bertz CT molecular complexity index is 242. The van der Waals surface area contributed by atoms with E-state index in [0.29, 0.717) is 4.43 Å². The Labute approximate surface area is 50.9 Å². The second-order valence-electron chi connectivity index (χ2n) is 1.60. The molecule has 9 heavy (non-hydrogen) atoms. The second kappa shape index (κ2) is 1.77. The highest BCUT2D eigenvalue weighted by Gasteiger charge is 1.99. The van der Waals surface area contributed by atoms with Gasteiger partial charge in [-0.1, -0.05) is 4.91 Å². The summed E-state index contributed by atoms with van der Waals surface area (Å²) < 4.78 is 0.441. The number of aromatic nitrogens is 2. The standard InChI is InChI=1S/C4H7N4O/c5-3-1-7-2-4(6)8(3)9/h1-2H,5-6H2,(H,7,9)/q+1. The van der Waals surface area contributed by atoms with E-state index in [1.54, 1.807) is 0 Å². The minimum atomic E-state index is 0.0648. The lowest BCUT2D eigenvalue weighted by Gasteiger charge is -1.85. The Morgan fingerprint density at radius 3 is 2.11 bits per heavy atom. The number of nitrogens with zero attached hydrogens (tertiary/aromatic N) is 1. The molecule has 48 valence electrons. The van der Waals surface area contributed by atoms with Crippen LogP contribution in [-0.2, 0) is 0 Å². The first-order valence-corrected chi connectivity index (χ1v) is 2.36. The summed E-state index contributed by atoms with van der Waals surface area (Å²) in [5.74, 6) is 0.130. The van der Waals surface area contributed by atoms with Crippen LogP contribution in [0.3, 0.4) is 0 Å². The molecule has 1 aromatic heterocycles. The van der Waals surface area contributed by atoms with E-state index in [-0.39, 0.29) is 11.6 Å². The fourth-order valence-corrected chi connectivity index (χ4v) is 0.479. The fraction of sp³-hybridized carbons (Fsp3) is 0. The first-order chi connectivity index (χ1) is 4.22. The van der Waals surface area contributed by atoms with Crippen LogP contribution in [0.4, 0.5) is 11.6 Å². The van der Waals surface area contributed by atoms with Crippen molar-refractivity contribution < 1.29 is 4.43 Å². The summed E-state index contributed by atoms with van der Waals surface area (Å²) in [4.78, 5) is 13.2. The predicted octanol–water partition coefficient (Wildman–Crippen LogP) is -0.906. The quantitative estimate of drug-likeness (QED) is 0.394. The van der Waals surface area contributed by atoms with Gasteiger partial charge in [-0.2, -0.15) is 0 Å². The third-order valence-corrected chi connectivity index (χ3v) is 0.931. The number of nitrogens with one attached hydrogen (secondary N) is 1. The molecule has 5 heteroatoms. The van der Waals surface area contributed by atoms with E-state index in [2.05, 4.69) is 4.98 Å². The van der Waals surface area contributed by atoms with Crippen molar-refractivity contribution in [2.24, 2.45) is 0 Å². The molecule has 0 aromatic carbocycles. The third-order valence-electron chi connectivity index (χ3n) is 0.931. The maximum atomic E-state index is 10.6. The van der Waals surface area contributed by atoms with Crippen LogP contribution < -0.4 is 15.9 Å². The van der Waals surface area contributed by atoms with Crippen LogP contribution in [0.5, 0.6) is 0 Å². The minimum absolute atomic E-state index is 0.0648.